The first kappa shape index (κ1) is 19.8. The van der Waals surface area contributed by atoms with Gasteiger partial charge in [-0.2, -0.15) is 0 Å². The predicted molar refractivity (Wildman–Crippen MR) is 103 cm³/mol. The summed E-state index contributed by atoms with van der Waals surface area (Å²) >= 11 is 0. The number of hydrogen-bond donors (Lipinski definition) is 2. The van der Waals surface area contributed by atoms with Gasteiger partial charge in [0.25, 0.3) is 11.5 Å². The fourth-order valence-corrected chi connectivity index (χ4v) is 3.26. The van der Waals surface area contributed by atoms with Gasteiger partial charge in [0.05, 0.1) is 16.9 Å². The molecule has 2 aromatic rings. The van der Waals surface area contributed by atoms with Crippen LogP contribution in [0.3, 0.4) is 0 Å². The number of hydrogen-bond acceptors (Lipinski definition) is 5. The largest absolute Gasteiger partial charge is 0.481 e. The lowest BCUT2D eigenvalue weighted by Gasteiger charge is -2.21. The quantitative estimate of drug-likeness (QED) is 0.733. The third kappa shape index (κ3) is 3.69. The number of carboxylic acids is 1. The maximum Gasteiger partial charge on any atom is 0.329 e. The van der Waals surface area contributed by atoms with Crippen LogP contribution >= 0.6 is 0 Å². The Kier molecular flexibility index (Phi) is 5.35. The van der Waals surface area contributed by atoms with E-state index >= 15 is 0 Å². The smallest absolute Gasteiger partial charge is 0.329 e. The van der Waals surface area contributed by atoms with Crippen LogP contribution in [0, 0.1) is 5.92 Å². The topological polar surface area (TPSA) is 125 Å². The molecule has 2 heterocycles. The van der Waals surface area contributed by atoms with E-state index < -0.39 is 29.0 Å². The van der Waals surface area contributed by atoms with Crippen molar-refractivity contribution in [1.82, 2.24) is 19.4 Å². The molecule has 28 heavy (non-hydrogen) atoms. The van der Waals surface area contributed by atoms with Gasteiger partial charge in [-0.25, -0.2) is 9.78 Å². The number of amides is 1. The molecule has 0 spiro atoms. The number of aliphatic carboxylic acids is 1. The third-order valence-electron chi connectivity index (χ3n) is 4.96. The van der Waals surface area contributed by atoms with E-state index in [1.54, 1.807) is 6.07 Å². The molecule has 2 N–H and O–H groups in total. The van der Waals surface area contributed by atoms with Crippen molar-refractivity contribution >= 4 is 22.9 Å². The summed E-state index contributed by atoms with van der Waals surface area (Å²) in [4.78, 5) is 57.2. The van der Waals surface area contributed by atoms with E-state index in [0.717, 1.165) is 12.8 Å². The molecule has 0 aliphatic heterocycles. The van der Waals surface area contributed by atoms with Crippen molar-refractivity contribution in [1.29, 1.82) is 0 Å². The number of carbonyl (C=O) groups is 2. The Balaban J connectivity index is 2.19. The summed E-state index contributed by atoms with van der Waals surface area (Å²) in [6.45, 7) is 3.79. The predicted octanol–water partition coefficient (Wildman–Crippen LogP) is 1.16. The molecule has 2 aromatic heterocycles. The Labute approximate surface area is 161 Å². The van der Waals surface area contributed by atoms with Gasteiger partial charge in [0.15, 0.2) is 5.65 Å². The zero-order valence-electron chi connectivity index (χ0n) is 16.2. The number of carboxylic acid groups (broad SMARTS) is 1. The molecule has 3 rings (SSSR count). The van der Waals surface area contributed by atoms with E-state index in [1.165, 1.54) is 23.4 Å². The molecule has 9 nitrogen and oxygen atoms in total. The van der Waals surface area contributed by atoms with Gasteiger partial charge in [0.2, 0.25) is 0 Å². The van der Waals surface area contributed by atoms with Crippen molar-refractivity contribution in [2.75, 3.05) is 13.6 Å². The fourth-order valence-electron chi connectivity index (χ4n) is 3.26. The van der Waals surface area contributed by atoms with Crippen LogP contribution in [-0.2, 0) is 11.3 Å². The SMILES string of the molecule is CCCn1c(=O)[nH]c(=O)c2c(C(=O)N(C)CC(C)C(=O)O)cc(C3CC3)nc21. The van der Waals surface area contributed by atoms with Crippen molar-refractivity contribution in [3.05, 3.63) is 38.2 Å². The van der Waals surface area contributed by atoms with E-state index in [-0.39, 0.29) is 29.1 Å². The number of nitrogens with zero attached hydrogens (tertiary/aromatic N) is 3. The standard InChI is InChI=1S/C19H24N4O5/c1-4-7-23-15-14(16(24)21-19(23)28)12(8-13(20-15)11-5-6-11)17(25)22(3)9-10(2)18(26)27/h8,10-11H,4-7,9H2,1-3H3,(H,26,27)(H,21,24,28). The summed E-state index contributed by atoms with van der Waals surface area (Å²) in [5.41, 5.74) is -0.164. The molecule has 1 aliphatic carbocycles. The summed E-state index contributed by atoms with van der Waals surface area (Å²) in [6, 6.07) is 1.61. The van der Waals surface area contributed by atoms with E-state index in [0.29, 0.717) is 18.7 Å². The Morgan fingerprint density at radius 3 is 2.64 bits per heavy atom. The number of aryl methyl sites for hydroxylation is 1. The van der Waals surface area contributed by atoms with Gasteiger partial charge in [0, 0.05) is 31.7 Å². The molecule has 0 aromatic carbocycles. The van der Waals surface area contributed by atoms with Gasteiger partial charge in [-0.15, -0.1) is 0 Å². The minimum atomic E-state index is -1.01. The van der Waals surface area contributed by atoms with Crippen LogP contribution in [0.1, 0.15) is 55.1 Å². The molecule has 1 amide bonds. The van der Waals surface area contributed by atoms with Crippen LogP contribution in [0.2, 0.25) is 0 Å². The maximum atomic E-state index is 13.1. The Morgan fingerprint density at radius 1 is 1.39 bits per heavy atom. The molecule has 1 unspecified atom stereocenters. The van der Waals surface area contributed by atoms with Crippen LogP contribution in [0.5, 0.6) is 0 Å². The highest BCUT2D eigenvalue weighted by Crippen LogP contribution is 2.40. The monoisotopic (exact) mass is 388 g/mol. The van der Waals surface area contributed by atoms with Crippen LogP contribution in [-0.4, -0.2) is 50.0 Å². The fraction of sp³-hybridized carbons (Fsp3) is 0.526. The number of nitrogens with one attached hydrogen (secondary N) is 1. The summed E-state index contributed by atoms with van der Waals surface area (Å²) in [5.74, 6) is -2.01. The zero-order chi connectivity index (χ0) is 20.6. The molecular formula is C19H24N4O5. The maximum absolute atomic E-state index is 13.1. The first-order chi connectivity index (χ1) is 13.2. The average Bonchev–Trinajstić information content (AvgIpc) is 3.48. The van der Waals surface area contributed by atoms with Gasteiger partial charge in [-0.1, -0.05) is 13.8 Å². The van der Waals surface area contributed by atoms with E-state index in [1.807, 2.05) is 6.92 Å². The van der Waals surface area contributed by atoms with Crippen LogP contribution in [0.15, 0.2) is 15.7 Å². The first-order valence-electron chi connectivity index (χ1n) is 9.40. The summed E-state index contributed by atoms with van der Waals surface area (Å²) < 4.78 is 1.39. The molecular weight excluding hydrogens is 364 g/mol. The number of fused-ring (bicyclic) bond motifs is 1. The number of pyridine rings is 1. The van der Waals surface area contributed by atoms with E-state index in [9.17, 15) is 19.2 Å². The highest BCUT2D eigenvalue weighted by atomic mass is 16.4. The Bertz CT molecular complexity index is 1050. The minimum Gasteiger partial charge on any atom is -0.481 e. The van der Waals surface area contributed by atoms with Crippen molar-refractivity contribution in [2.24, 2.45) is 5.92 Å². The van der Waals surface area contributed by atoms with E-state index in [2.05, 4.69) is 9.97 Å². The molecule has 1 atom stereocenters. The van der Waals surface area contributed by atoms with Crippen molar-refractivity contribution in [3.63, 3.8) is 0 Å². The normalized spacial score (nSPS) is 14.8. The van der Waals surface area contributed by atoms with Gasteiger partial charge in [-0.3, -0.25) is 23.9 Å². The molecule has 150 valence electrons. The van der Waals surface area contributed by atoms with Crippen molar-refractivity contribution in [3.8, 4) is 0 Å². The van der Waals surface area contributed by atoms with Gasteiger partial charge >= 0.3 is 11.7 Å². The second-order valence-corrected chi connectivity index (χ2v) is 7.40. The average molecular weight is 388 g/mol. The molecule has 1 saturated carbocycles. The highest BCUT2D eigenvalue weighted by molar-refractivity contribution is 6.05. The lowest BCUT2D eigenvalue weighted by atomic mass is 10.1. The minimum absolute atomic E-state index is 0.00322. The van der Waals surface area contributed by atoms with Gasteiger partial charge < -0.3 is 10.0 Å². The summed E-state index contributed by atoms with van der Waals surface area (Å²) in [6.07, 6.45) is 2.55. The van der Waals surface area contributed by atoms with Crippen molar-refractivity contribution in [2.45, 2.75) is 45.6 Å². The van der Waals surface area contributed by atoms with Gasteiger partial charge in [0.1, 0.15) is 0 Å². The Hall–Kier alpha value is -2.97. The van der Waals surface area contributed by atoms with Gasteiger partial charge in [-0.05, 0) is 25.3 Å². The molecule has 9 heteroatoms. The van der Waals surface area contributed by atoms with Crippen LogP contribution in [0.25, 0.3) is 11.0 Å². The lowest BCUT2D eigenvalue weighted by Crippen LogP contribution is -2.36. The number of rotatable bonds is 7. The van der Waals surface area contributed by atoms with Crippen molar-refractivity contribution < 1.29 is 14.7 Å². The zero-order valence-corrected chi connectivity index (χ0v) is 16.2. The number of carbonyl (C=O) groups excluding carboxylic acids is 1. The van der Waals surface area contributed by atoms with Crippen LogP contribution in [0.4, 0.5) is 0 Å². The Morgan fingerprint density at radius 2 is 2.07 bits per heavy atom. The second-order valence-electron chi connectivity index (χ2n) is 7.40. The first-order valence-corrected chi connectivity index (χ1v) is 9.40. The molecule has 1 fully saturated rings. The second kappa shape index (κ2) is 7.57. The highest BCUT2D eigenvalue weighted by Gasteiger charge is 2.30. The molecule has 0 bridgehead atoms. The van der Waals surface area contributed by atoms with E-state index in [4.69, 9.17) is 5.11 Å². The summed E-state index contributed by atoms with van der Waals surface area (Å²) in [7, 11) is 1.50. The molecule has 1 aliphatic rings. The number of aromatic amines is 1. The third-order valence-corrected chi connectivity index (χ3v) is 4.96. The molecule has 0 radical (unpaired) electrons. The number of aromatic nitrogens is 3. The lowest BCUT2D eigenvalue weighted by molar-refractivity contribution is -0.141. The number of H-pyrrole nitrogens is 1. The summed E-state index contributed by atoms with van der Waals surface area (Å²) in [5, 5.41) is 9.18. The molecule has 0 saturated heterocycles. The van der Waals surface area contributed by atoms with Crippen LogP contribution < -0.4 is 11.2 Å².